The highest BCUT2D eigenvalue weighted by Gasteiger charge is 2.19. The summed E-state index contributed by atoms with van der Waals surface area (Å²) in [4.78, 5) is 13.6. The Morgan fingerprint density at radius 2 is 1.78 bits per heavy atom. The Bertz CT molecular complexity index is 654. The van der Waals surface area contributed by atoms with Crippen LogP contribution in [0.4, 0.5) is 0 Å². The maximum absolute atomic E-state index is 12.5. The first-order valence-corrected chi connectivity index (χ1v) is 8.98. The molecule has 2 aromatic carbocycles. The van der Waals surface area contributed by atoms with Gasteiger partial charge in [0, 0.05) is 4.90 Å². The molecule has 3 heteroatoms. The summed E-state index contributed by atoms with van der Waals surface area (Å²) in [6, 6.07) is 16.5. The van der Waals surface area contributed by atoms with Gasteiger partial charge >= 0.3 is 0 Å². The molecule has 0 aliphatic rings. The van der Waals surface area contributed by atoms with Crippen LogP contribution in [0.2, 0.25) is 0 Å². The fourth-order valence-electron chi connectivity index (χ4n) is 2.45. The minimum atomic E-state index is -0.113. The van der Waals surface area contributed by atoms with Crippen molar-refractivity contribution in [2.24, 2.45) is 0 Å². The van der Waals surface area contributed by atoms with Crippen LogP contribution in [0.1, 0.15) is 43.0 Å². The van der Waals surface area contributed by atoms with Crippen LogP contribution >= 0.6 is 11.8 Å². The predicted octanol–water partition coefficient (Wildman–Crippen LogP) is 5.05. The molecule has 1 amide bonds. The van der Waals surface area contributed by atoms with Crippen molar-refractivity contribution in [2.45, 2.75) is 50.3 Å². The first-order valence-electron chi connectivity index (χ1n) is 8.10. The van der Waals surface area contributed by atoms with E-state index in [2.05, 4.69) is 44.3 Å². The van der Waals surface area contributed by atoms with E-state index >= 15 is 0 Å². The minimum absolute atomic E-state index is 0.0700. The first kappa shape index (κ1) is 17.6. The second kappa shape index (κ2) is 8.21. The molecule has 0 bridgehead atoms. The zero-order valence-electron chi connectivity index (χ0n) is 14.3. The van der Waals surface area contributed by atoms with Gasteiger partial charge in [0.25, 0.3) is 0 Å². The first-order chi connectivity index (χ1) is 11.0. The van der Waals surface area contributed by atoms with E-state index in [0.717, 1.165) is 11.3 Å². The molecule has 0 aliphatic carbocycles. The van der Waals surface area contributed by atoms with Crippen LogP contribution in [-0.2, 0) is 4.79 Å². The third-order valence-corrected chi connectivity index (χ3v) is 5.20. The van der Waals surface area contributed by atoms with Gasteiger partial charge in [0.15, 0.2) is 0 Å². The highest BCUT2D eigenvalue weighted by molar-refractivity contribution is 8.00. The maximum Gasteiger partial charge on any atom is 0.233 e. The molecule has 2 nitrogen and oxygen atoms in total. The fraction of sp³-hybridized carbons (Fsp3) is 0.350. The van der Waals surface area contributed by atoms with Gasteiger partial charge in [0.05, 0.1) is 11.3 Å². The third kappa shape index (κ3) is 4.87. The summed E-state index contributed by atoms with van der Waals surface area (Å²) in [5, 5.41) is 3.08. The number of carbonyl (C=O) groups excluding carboxylic acids is 1. The molecule has 0 saturated carbocycles. The summed E-state index contributed by atoms with van der Waals surface area (Å²) >= 11 is 1.59. The molecule has 0 heterocycles. The molecule has 2 atom stereocenters. The van der Waals surface area contributed by atoms with Gasteiger partial charge in [-0.3, -0.25) is 4.79 Å². The van der Waals surface area contributed by atoms with E-state index in [1.807, 2.05) is 37.3 Å². The second-order valence-corrected chi connectivity index (χ2v) is 7.30. The highest BCUT2D eigenvalue weighted by Crippen LogP contribution is 2.25. The van der Waals surface area contributed by atoms with Gasteiger partial charge in [0.2, 0.25) is 5.91 Å². The van der Waals surface area contributed by atoms with E-state index in [1.165, 1.54) is 16.7 Å². The molecule has 122 valence electrons. The van der Waals surface area contributed by atoms with Crippen molar-refractivity contribution < 1.29 is 4.79 Å². The molecule has 0 fully saturated rings. The number of thioether (sulfide) groups is 1. The molecule has 0 aliphatic heterocycles. The summed E-state index contributed by atoms with van der Waals surface area (Å²) < 4.78 is 0. The number of hydrogen-bond donors (Lipinski definition) is 1. The Morgan fingerprint density at radius 3 is 2.39 bits per heavy atom. The average molecular weight is 327 g/mol. The molecular weight excluding hydrogens is 302 g/mol. The van der Waals surface area contributed by atoms with Crippen LogP contribution in [0.5, 0.6) is 0 Å². The SMILES string of the molecule is CC[C@H](NC(=O)[C@@H](C)Sc1ccccc1)c1ccc(C)c(C)c1. The Labute approximate surface area is 143 Å². The number of aryl methyl sites for hydroxylation is 2. The third-order valence-electron chi connectivity index (χ3n) is 4.08. The lowest BCUT2D eigenvalue weighted by molar-refractivity contribution is -0.121. The van der Waals surface area contributed by atoms with Gasteiger partial charge < -0.3 is 5.32 Å². The van der Waals surface area contributed by atoms with Crippen LogP contribution in [0, 0.1) is 13.8 Å². The molecule has 2 aromatic rings. The predicted molar refractivity (Wildman–Crippen MR) is 98.9 cm³/mol. The van der Waals surface area contributed by atoms with Crippen molar-refractivity contribution in [1.29, 1.82) is 0 Å². The Balaban J connectivity index is 2.02. The van der Waals surface area contributed by atoms with E-state index in [0.29, 0.717) is 0 Å². The summed E-state index contributed by atoms with van der Waals surface area (Å²) in [5.74, 6) is 0.0870. The van der Waals surface area contributed by atoms with Crippen molar-refractivity contribution in [2.75, 3.05) is 0 Å². The normalized spacial score (nSPS) is 13.4. The van der Waals surface area contributed by atoms with Crippen LogP contribution in [-0.4, -0.2) is 11.2 Å². The lowest BCUT2D eigenvalue weighted by Gasteiger charge is -2.21. The number of carbonyl (C=O) groups is 1. The van der Waals surface area contributed by atoms with Gasteiger partial charge in [-0.2, -0.15) is 0 Å². The van der Waals surface area contributed by atoms with Gasteiger partial charge in [-0.1, -0.05) is 43.3 Å². The van der Waals surface area contributed by atoms with Crippen LogP contribution in [0.3, 0.4) is 0 Å². The summed E-state index contributed by atoms with van der Waals surface area (Å²) in [5.41, 5.74) is 3.73. The van der Waals surface area contributed by atoms with Gasteiger partial charge in [0.1, 0.15) is 0 Å². The monoisotopic (exact) mass is 327 g/mol. The standard InChI is InChI=1S/C20H25NOS/c1-5-19(17-12-11-14(2)15(3)13-17)21-20(22)16(4)23-18-9-7-6-8-10-18/h6-13,16,19H,5H2,1-4H3,(H,21,22)/t16-,19+/m1/s1. The maximum atomic E-state index is 12.5. The lowest BCUT2D eigenvalue weighted by Crippen LogP contribution is -2.34. The number of benzene rings is 2. The van der Waals surface area contributed by atoms with E-state index in [9.17, 15) is 4.79 Å². The summed E-state index contributed by atoms with van der Waals surface area (Å²) in [6.45, 7) is 8.29. The number of amides is 1. The van der Waals surface area contributed by atoms with Crippen LogP contribution in [0.25, 0.3) is 0 Å². The van der Waals surface area contributed by atoms with Gasteiger partial charge in [-0.25, -0.2) is 0 Å². The summed E-state index contributed by atoms with van der Waals surface area (Å²) in [6.07, 6.45) is 0.886. The van der Waals surface area contributed by atoms with Gasteiger partial charge in [-0.05, 0) is 56.0 Å². The second-order valence-electron chi connectivity index (χ2n) is 5.89. The van der Waals surface area contributed by atoms with Crippen molar-refractivity contribution in [3.63, 3.8) is 0 Å². The molecule has 1 N–H and O–H groups in total. The topological polar surface area (TPSA) is 29.1 Å². The molecule has 0 unspecified atom stereocenters. The van der Waals surface area contributed by atoms with Crippen LogP contribution < -0.4 is 5.32 Å². The quantitative estimate of drug-likeness (QED) is 0.752. The van der Waals surface area contributed by atoms with Gasteiger partial charge in [-0.15, -0.1) is 11.8 Å². The molecule has 2 rings (SSSR count). The van der Waals surface area contributed by atoms with Crippen molar-refractivity contribution in [3.8, 4) is 0 Å². The van der Waals surface area contributed by atoms with Crippen LogP contribution in [0.15, 0.2) is 53.4 Å². The molecule has 0 radical (unpaired) electrons. The molecular formula is C20H25NOS. The molecule has 0 spiro atoms. The molecule has 0 saturated heterocycles. The van der Waals surface area contributed by atoms with E-state index in [1.54, 1.807) is 11.8 Å². The van der Waals surface area contributed by atoms with Crippen molar-refractivity contribution in [1.82, 2.24) is 5.32 Å². The Morgan fingerprint density at radius 1 is 1.09 bits per heavy atom. The van der Waals surface area contributed by atoms with Crippen molar-refractivity contribution >= 4 is 17.7 Å². The minimum Gasteiger partial charge on any atom is -0.348 e. The zero-order chi connectivity index (χ0) is 16.8. The summed E-state index contributed by atoms with van der Waals surface area (Å²) in [7, 11) is 0. The van der Waals surface area contributed by atoms with E-state index in [4.69, 9.17) is 0 Å². The van der Waals surface area contributed by atoms with E-state index in [-0.39, 0.29) is 17.2 Å². The number of rotatable bonds is 6. The Hall–Kier alpha value is -1.74. The number of hydrogen-bond acceptors (Lipinski definition) is 2. The van der Waals surface area contributed by atoms with E-state index < -0.39 is 0 Å². The molecule has 23 heavy (non-hydrogen) atoms. The lowest BCUT2D eigenvalue weighted by atomic mass is 9.99. The number of nitrogens with one attached hydrogen (secondary N) is 1. The smallest absolute Gasteiger partial charge is 0.233 e. The zero-order valence-corrected chi connectivity index (χ0v) is 15.1. The molecule has 0 aromatic heterocycles. The Kier molecular flexibility index (Phi) is 6.28. The average Bonchev–Trinajstić information content (AvgIpc) is 2.56. The fourth-order valence-corrected chi connectivity index (χ4v) is 3.35. The highest BCUT2D eigenvalue weighted by atomic mass is 32.2. The largest absolute Gasteiger partial charge is 0.348 e. The van der Waals surface area contributed by atoms with Crippen molar-refractivity contribution in [3.05, 3.63) is 65.2 Å².